The summed E-state index contributed by atoms with van der Waals surface area (Å²) in [5.41, 5.74) is 0.878. The Kier molecular flexibility index (Phi) is 5.70. The van der Waals surface area contributed by atoms with Gasteiger partial charge in [0, 0.05) is 18.5 Å². The van der Waals surface area contributed by atoms with Gasteiger partial charge in [-0.05, 0) is 55.2 Å². The monoisotopic (exact) mass is 410 g/mol. The Morgan fingerprint density at radius 2 is 1.83 bits per heavy atom. The van der Waals surface area contributed by atoms with E-state index in [0.717, 1.165) is 12.8 Å². The van der Waals surface area contributed by atoms with Crippen molar-refractivity contribution in [1.82, 2.24) is 4.90 Å². The molecule has 1 saturated heterocycles. The molecular formula is C23H23FN2O4. The van der Waals surface area contributed by atoms with E-state index in [9.17, 15) is 14.0 Å². The molecule has 156 valence electrons. The minimum atomic E-state index is -0.438. The average Bonchev–Trinajstić information content (AvgIpc) is 3.12. The van der Waals surface area contributed by atoms with Gasteiger partial charge in [0.2, 0.25) is 5.76 Å². The molecule has 1 aromatic heterocycles. The van der Waals surface area contributed by atoms with Gasteiger partial charge < -0.3 is 19.4 Å². The Morgan fingerprint density at radius 1 is 1.13 bits per heavy atom. The van der Waals surface area contributed by atoms with Crippen LogP contribution in [0.4, 0.5) is 10.1 Å². The summed E-state index contributed by atoms with van der Waals surface area (Å²) in [5, 5.41) is 3.42. The minimum absolute atomic E-state index is 0.126. The van der Waals surface area contributed by atoms with E-state index >= 15 is 0 Å². The van der Waals surface area contributed by atoms with Crippen LogP contribution in [0.1, 0.15) is 30.3 Å². The number of hydrogen-bond acceptors (Lipinski definition) is 4. The van der Waals surface area contributed by atoms with E-state index in [0.29, 0.717) is 41.4 Å². The second-order valence-electron chi connectivity index (χ2n) is 7.57. The van der Waals surface area contributed by atoms with Crippen LogP contribution in [-0.4, -0.2) is 36.4 Å². The van der Waals surface area contributed by atoms with Crippen LogP contribution in [0.5, 0.6) is 5.75 Å². The zero-order chi connectivity index (χ0) is 21.1. The lowest BCUT2D eigenvalue weighted by molar-refractivity contribution is -0.118. The molecule has 0 unspecified atom stereocenters. The highest BCUT2D eigenvalue weighted by molar-refractivity contribution is 6.11. The maximum Gasteiger partial charge on any atom is 0.291 e. The Labute approximate surface area is 173 Å². The van der Waals surface area contributed by atoms with Crippen molar-refractivity contribution in [3.63, 3.8) is 0 Å². The maximum absolute atomic E-state index is 13.1. The number of para-hydroxylation sites is 1. The Morgan fingerprint density at radius 3 is 2.57 bits per heavy atom. The summed E-state index contributed by atoms with van der Waals surface area (Å²) in [6, 6.07) is 12.6. The third-order valence-corrected chi connectivity index (χ3v) is 5.31. The number of amides is 2. The van der Waals surface area contributed by atoms with Crippen molar-refractivity contribution in [3.05, 3.63) is 60.1 Å². The van der Waals surface area contributed by atoms with Gasteiger partial charge in [0.1, 0.15) is 22.8 Å². The number of nitrogens with zero attached hydrogens (tertiary/aromatic N) is 1. The molecule has 7 heteroatoms. The molecule has 4 rings (SSSR count). The van der Waals surface area contributed by atoms with Gasteiger partial charge in [0.15, 0.2) is 6.61 Å². The van der Waals surface area contributed by atoms with E-state index in [-0.39, 0.29) is 24.1 Å². The summed E-state index contributed by atoms with van der Waals surface area (Å²) in [6.07, 6.45) is 1.89. The number of anilines is 1. The standard InChI is InChI=1S/C23H23FN2O4/c1-15-10-12-26(13-11-15)23(28)22-21(18-4-2-3-5-19(18)30-22)25-20(27)14-29-17-8-6-16(24)7-9-17/h2-9,15H,10-14H2,1H3,(H,25,27). The van der Waals surface area contributed by atoms with E-state index < -0.39 is 5.91 Å². The van der Waals surface area contributed by atoms with Gasteiger partial charge in [-0.15, -0.1) is 0 Å². The van der Waals surface area contributed by atoms with Gasteiger partial charge in [-0.3, -0.25) is 9.59 Å². The summed E-state index contributed by atoms with van der Waals surface area (Å²) in [5.74, 6) is 0.0442. The number of furan rings is 1. The van der Waals surface area contributed by atoms with Crippen molar-refractivity contribution in [2.24, 2.45) is 5.92 Å². The number of nitrogens with one attached hydrogen (secondary N) is 1. The number of benzene rings is 2. The maximum atomic E-state index is 13.1. The normalized spacial score (nSPS) is 14.7. The molecule has 0 spiro atoms. The molecule has 2 heterocycles. The fraction of sp³-hybridized carbons (Fsp3) is 0.304. The quantitative estimate of drug-likeness (QED) is 0.674. The number of likely N-dealkylation sites (tertiary alicyclic amines) is 1. The number of fused-ring (bicyclic) bond motifs is 1. The topological polar surface area (TPSA) is 71.8 Å². The summed E-state index contributed by atoms with van der Waals surface area (Å²) < 4.78 is 24.2. The molecule has 0 aliphatic carbocycles. The zero-order valence-corrected chi connectivity index (χ0v) is 16.7. The van der Waals surface area contributed by atoms with E-state index in [4.69, 9.17) is 9.15 Å². The van der Waals surface area contributed by atoms with Crippen LogP contribution < -0.4 is 10.1 Å². The van der Waals surface area contributed by atoms with Gasteiger partial charge >= 0.3 is 0 Å². The van der Waals surface area contributed by atoms with Gasteiger partial charge in [-0.25, -0.2) is 4.39 Å². The molecule has 0 saturated carbocycles. The zero-order valence-electron chi connectivity index (χ0n) is 16.7. The molecule has 2 amide bonds. The van der Waals surface area contributed by atoms with Crippen LogP contribution in [0.2, 0.25) is 0 Å². The summed E-state index contributed by atoms with van der Waals surface area (Å²) in [4.78, 5) is 27.4. The number of hydrogen-bond donors (Lipinski definition) is 1. The molecule has 0 bridgehead atoms. The van der Waals surface area contributed by atoms with Crippen LogP contribution >= 0.6 is 0 Å². The first-order valence-electron chi connectivity index (χ1n) is 10.0. The van der Waals surface area contributed by atoms with E-state index in [1.54, 1.807) is 17.0 Å². The molecule has 6 nitrogen and oxygen atoms in total. The Hall–Kier alpha value is -3.35. The number of piperidine rings is 1. The molecule has 2 aromatic carbocycles. The number of rotatable bonds is 5. The molecule has 3 aromatic rings. The van der Waals surface area contributed by atoms with Crippen LogP contribution in [0.25, 0.3) is 11.0 Å². The smallest absolute Gasteiger partial charge is 0.291 e. The first-order valence-corrected chi connectivity index (χ1v) is 10.0. The second-order valence-corrected chi connectivity index (χ2v) is 7.57. The fourth-order valence-electron chi connectivity index (χ4n) is 3.53. The van der Waals surface area contributed by atoms with Crippen molar-refractivity contribution in [1.29, 1.82) is 0 Å². The predicted octanol–water partition coefficient (Wildman–Crippen LogP) is 4.46. The Balaban J connectivity index is 1.53. The number of carbonyl (C=O) groups is 2. The van der Waals surface area contributed by atoms with Crippen molar-refractivity contribution in [3.8, 4) is 5.75 Å². The molecule has 1 fully saturated rings. The van der Waals surface area contributed by atoms with Crippen LogP contribution in [0.15, 0.2) is 52.9 Å². The third kappa shape index (κ3) is 4.30. The minimum Gasteiger partial charge on any atom is -0.484 e. The van der Waals surface area contributed by atoms with Crippen molar-refractivity contribution in [2.75, 3.05) is 25.0 Å². The predicted molar refractivity (Wildman–Crippen MR) is 111 cm³/mol. The first-order chi connectivity index (χ1) is 14.5. The van der Waals surface area contributed by atoms with E-state index in [1.807, 2.05) is 12.1 Å². The highest BCUT2D eigenvalue weighted by Gasteiger charge is 2.28. The van der Waals surface area contributed by atoms with E-state index in [2.05, 4.69) is 12.2 Å². The summed E-state index contributed by atoms with van der Waals surface area (Å²) >= 11 is 0. The van der Waals surface area contributed by atoms with Gasteiger partial charge in [0.25, 0.3) is 11.8 Å². The lowest BCUT2D eigenvalue weighted by atomic mass is 9.99. The number of ether oxygens (including phenoxy) is 1. The summed E-state index contributed by atoms with van der Waals surface area (Å²) in [7, 11) is 0. The van der Waals surface area contributed by atoms with Crippen LogP contribution in [-0.2, 0) is 4.79 Å². The Bertz CT molecular complexity index is 1050. The number of halogens is 1. The van der Waals surface area contributed by atoms with Gasteiger partial charge in [-0.2, -0.15) is 0 Å². The highest BCUT2D eigenvalue weighted by atomic mass is 19.1. The average molecular weight is 410 g/mol. The lowest BCUT2D eigenvalue weighted by Gasteiger charge is -2.29. The fourth-order valence-corrected chi connectivity index (χ4v) is 3.53. The second kappa shape index (κ2) is 8.57. The molecule has 0 radical (unpaired) electrons. The number of carbonyl (C=O) groups excluding carboxylic acids is 2. The molecule has 30 heavy (non-hydrogen) atoms. The molecule has 1 aliphatic rings. The van der Waals surface area contributed by atoms with Crippen molar-refractivity contribution in [2.45, 2.75) is 19.8 Å². The third-order valence-electron chi connectivity index (χ3n) is 5.31. The molecule has 1 aliphatic heterocycles. The lowest BCUT2D eigenvalue weighted by Crippen LogP contribution is -2.38. The van der Waals surface area contributed by atoms with Crippen molar-refractivity contribution < 1.29 is 23.1 Å². The largest absolute Gasteiger partial charge is 0.484 e. The van der Waals surface area contributed by atoms with Gasteiger partial charge in [-0.1, -0.05) is 19.1 Å². The highest BCUT2D eigenvalue weighted by Crippen LogP contribution is 2.32. The first kappa shape index (κ1) is 19.9. The van der Waals surface area contributed by atoms with Crippen molar-refractivity contribution >= 4 is 28.5 Å². The SMILES string of the molecule is CC1CCN(C(=O)c2oc3ccccc3c2NC(=O)COc2ccc(F)cc2)CC1. The van der Waals surface area contributed by atoms with E-state index in [1.165, 1.54) is 24.3 Å². The molecule has 1 N–H and O–H groups in total. The van der Waals surface area contributed by atoms with Crippen LogP contribution in [0, 0.1) is 11.7 Å². The molecule has 0 atom stereocenters. The van der Waals surface area contributed by atoms with Gasteiger partial charge in [0.05, 0.1) is 0 Å². The van der Waals surface area contributed by atoms with Crippen LogP contribution in [0.3, 0.4) is 0 Å². The molecular weight excluding hydrogens is 387 g/mol. The summed E-state index contributed by atoms with van der Waals surface area (Å²) in [6.45, 7) is 3.23.